The molecule has 0 bridgehead atoms. The van der Waals surface area contributed by atoms with Gasteiger partial charge >= 0.3 is 5.97 Å². The van der Waals surface area contributed by atoms with Crippen LogP contribution in [-0.4, -0.2) is 36.4 Å². The summed E-state index contributed by atoms with van der Waals surface area (Å²) >= 11 is 0. The van der Waals surface area contributed by atoms with E-state index in [0.29, 0.717) is 16.3 Å². The smallest absolute Gasteiger partial charge is 0.322 e. The van der Waals surface area contributed by atoms with E-state index in [1.54, 1.807) is 44.3 Å². The maximum atomic E-state index is 12.5. The van der Waals surface area contributed by atoms with E-state index in [1.807, 2.05) is 48.5 Å². The highest BCUT2D eigenvalue weighted by Gasteiger charge is 2.28. The Morgan fingerprint density at radius 1 is 0.917 bits per heavy atom. The quantitative estimate of drug-likeness (QED) is 0.346. The number of aliphatic carboxylic acids is 1. The summed E-state index contributed by atoms with van der Waals surface area (Å²) in [5.74, 6) is -1.96. The largest absolute Gasteiger partial charge is 0.480 e. The summed E-state index contributed by atoms with van der Waals surface area (Å²) in [6, 6.07) is 22.3. The van der Waals surface area contributed by atoms with Crippen LogP contribution < -0.4 is 10.5 Å². The highest BCUT2D eigenvalue weighted by atomic mass is 32.2. The average Bonchev–Trinajstić information content (AvgIpc) is 2.87. The molecule has 0 aliphatic carbocycles. The van der Waals surface area contributed by atoms with Crippen LogP contribution in [0.15, 0.2) is 96.2 Å². The summed E-state index contributed by atoms with van der Waals surface area (Å²) in [5, 5.41) is 10.3. The molecule has 0 saturated carbocycles. The Hall–Kier alpha value is -4.08. The first-order valence-electron chi connectivity index (χ1n) is 11.1. The van der Waals surface area contributed by atoms with Gasteiger partial charge in [-0.05, 0) is 35.2 Å². The van der Waals surface area contributed by atoms with E-state index in [-0.39, 0.29) is 10.8 Å². The number of nitrogens with two attached hydrogens (primary N) is 1. The average molecular weight is 506 g/mol. The number of carboxylic acids is 1. The summed E-state index contributed by atoms with van der Waals surface area (Å²) in [6.07, 6.45) is 3.06. The Morgan fingerprint density at radius 3 is 2.22 bits per heavy atom. The van der Waals surface area contributed by atoms with E-state index in [9.17, 15) is 18.0 Å². The van der Waals surface area contributed by atoms with E-state index >= 15 is 0 Å². The van der Waals surface area contributed by atoms with Crippen molar-refractivity contribution in [1.29, 1.82) is 0 Å². The molecular weight excluding hydrogens is 478 g/mol. The van der Waals surface area contributed by atoms with E-state index < -0.39 is 27.9 Å². The second-order valence-electron chi connectivity index (χ2n) is 8.31. The minimum absolute atomic E-state index is 0.0503. The fourth-order valence-electron chi connectivity index (χ4n) is 3.60. The topological polar surface area (TPSA) is 139 Å². The van der Waals surface area contributed by atoms with Gasteiger partial charge in [-0.3, -0.25) is 14.6 Å². The number of carbonyl (C=O) groups is 2. The molecule has 4 aromatic rings. The van der Waals surface area contributed by atoms with Gasteiger partial charge in [-0.2, -0.15) is 4.72 Å². The Labute approximate surface area is 209 Å². The molecule has 0 aliphatic heterocycles. The molecule has 1 aromatic heterocycles. The molecule has 36 heavy (non-hydrogen) atoms. The molecule has 0 spiro atoms. The van der Waals surface area contributed by atoms with Gasteiger partial charge in [0.25, 0.3) is 0 Å². The number of nitrogens with zero attached hydrogens (tertiary/aromatic N) is 1. The molecule has 8 nitrogen and oxygen atoms in total. The van der Waals surface area contributed by atoms with Crippen LogP contribution in [0.5, 0.6) is 0 Å². The van der Waals surface area contributed by atoms with Gasteiger partial charge in [0.05, 0.1) is 4.90 Å². The van der Waals surface area contributed by atoms with Gasteiger partial charge in [-0.15, -0.1) is 0 Å². The number of hydrogen-bond donors (Lipinski definition) is 3. The molecule has 0 fully saturated rings. The van der Waals surface area contributed by atoms with E-state index in [0.717, 1.165) is 11.1 Å². The standard InChI is InChI=1S/C14H16N2O4S.C13H11NO/c1-9(2)13(14(17)18)16-21(19,20)12-5-3-4-10-8-15-7-6-11(10)12;14-13(15)12-9-5-4-8-11(12)10-6-2-1-3-7-10/h3-9,13,16H,1-2H3,(H,17,18);1-9H,(H2,14,15)/t13-;/m0./s1. The fraction of sp³-hybridized carbons (Fsp3) is 0.148. The zero-order valence-electron chi connectivity index (χ0n) is 19.8. The van der Waals surface area contributed by atoms with Crippen LogP contribution in [0.3, 0.4) is 0 Å². The number of sulfonamides is 1. The second kappa shape index (κ2) is 11.6. The van der Waals surface area contributed by atoms with Crippen LogP contribution in [0, 0.1) is 5.92 Å². The second-order valence-corrected chi connectivity index (χ2v) is 9.99. The number of primary amides is 1. The zero-order valence-corrected chi connectivity index (χ0v) is 20.6. The van der Waals surface area contributed by atoms with Crippen LogP contribution in [0.25, 0.3) is 21.9 Å². The van der Waals surface area contributed by atoms with Crippen LogP contribution in [0.1, 0.15) is 24.2 Å². The molecule has 0 unspecified atom stereocenters. The molecule has 1 amide bonds. The molecule has 186 valence electrons. The van der Waals surface area contributed by atoms with Gasteiger partial charge < -0.3 is 10.8 Å². The van der Waals surface area contributed by atoms with Gasteiger partial charge in [0.1, 0.15) is 6.04 Å². The summed E-state index contributed by atoms with van der Waals surface area (Å²) in [7, 11) is -3.93. The summed E-state index contributed by atoms with van der Waals surface area (Å²) in [4.78, 5) is 26.4. The molecule has 1 heterocycles. The number of hydrogen-bond acceptors (Lipinski definition) is 5. The third-order valence-electron chi connectivity index (χ3n) is 5.42. The summed E-state index contributed by atoms with van der Waals surface area (Å²) in [6.45, 7) is 3.29. The Balaban J connectivity index is 0.000000212. The Bertz CT molecular complexity index is 1470. The highest BCUT2D eigenvalue weighted by Crippen LogP contribution is 2.23. The van der Waals surface area contributed by atoms with E-state index in [1.165, 1.54) is 12.3 Å². The van der Waals surface area contributed by atoms with Crippen molar-refractivity contribution >= 4 is 32.7 Å². The lowest BCUT2D eigenvalue weighted by Gasteiger charge is -2.18. The monoisotopic (exact) mass is 505 g/mol. The minimum Gasteiger partial charge on any atom is -0.480 e. The van der Waals surface area contributed by atoms with E-state index in [2.05, 4.69) is 9.71 Å². The number of carboxylic acid groups (broad SMARTS) is 1. The first-order valence-corrected chi connectivity index (χ1v) is 12.6. The molecule has 0 saturated heterocycles. The molecule has 4 N–H and O–H groups in total. The third-order valence-corrected chi connectivity index (χ3v) is 6.92. The maximum Gasteiger partial charge on any atom is 0.322 e. The number of benzene rings is 3. The fourth-order valence-corrected chi connectivity index (χ4v) is 5.16. The molecule has 0 radical (unpaired) electrons. The number of pyridine rings is 1. The zero-order chi connectivity index (χ0) is 26.3. The van der Waals surface area contributed by atoms with E-state index in [4.69, 9.17) is 10.8 Å². The van der Waals surface area contributed by atoms with Crippen LogP contribution >= 0.6 is 0 Å². The van der Waals surface area contributed by atoms with Gasteiger partial charge in [0.2, 0.25) is 15.9 Å². The van der Waals surface area contributed by atoms with Gasteiger partial charge in [0.15, 0.2) is 0 Å². The lowest BCUT2D eigenvalue weighted by atomic mass is 9.99. The first-order chi connectivity index (χ1) is 17.1. The van der Waals surface area contributed by atoms with Crippen molar-refractivity contribution in [3.05, 3.63) is 96.8 Å². The number of carbonyl (C=O) groups excluding carboxylic acids is 1. The van der Waals surface area contributed by atoms with Gasteiger partial charge in [-0.1, -0.05) is 74.5 Å². The molecule has 9 heteroatoms. The van der Waals surface area contributed by atoms with Crippen molar-refractivity contribution < 1.29 is 23.1 Å². The third kappa shape index (κ3) is 6.32. The SMILES string of the molecule is CC(C)[C@H](NS(=O)(=O)c1cccc2cnccc12)C(=O)O.NC(=O)c1ccccc1-c1ccccc1. The minimum atomic E-state index is -3.93. The maximum absolute atomic E-state index is 12.5. The molecule has 4 rings (SSSR count). The number of aromatic nitrogens is 1. The van der Waals surface area contributed by atoms with Crippen molar-refractivity contribution in [1.82, 2.24) is 9.71 Å². The normalized spacial score (nSPS) is 12.0. The van der Waals surface area contributed by atoms with Gasteiger partial charge in [0, 0.05) is 28.7 Å². The van der Waals surface area contributed by atoms with Crippen LogP contribution in [0.4, 0.5) is 0 Å². The predicted molar refractivity (Wildman–Crippen MR) is 139 cm³/mol. The first kappa shape index (κ1) is 26.5. The van der Waals surface area contributed by atoms with Crippen molar-refractivity contribution in [2.45, 2.75) is 24.8 Å². The number of fused-ring (bicyclic) bond motifs is 1. The van der Waals surface area contributed by atoms with Crippen LogP contribution in [0.2, 0.25) is 0 Å². The number of amides is 1. The van der Waals surface area contributed by atoms with Crippen molar-refractivity contribution in [2.24, 2.45) is 11.7 Å². The van der Waals surface area contributed by atoms with Crippen molar-refractivity contribution in [3.8, 4) is 11.1 Å². The summed E-state index contributed by atoms with van der Waals surface area (Å²) in [5.41, 5.74) is 7.76. The number of nitrogens with one attached hydrogen (secondary N) is 1. The lowest BCUT2D eigenvalue weighted by Crippen LogP contribution is -2.44. The molecule has 1 atom stereocenters. The highest BCUT2D eigenvalue weighted by molar-refractivity contribution is 7.89. The molecule has 0 aliphatic rings. The summed E-state index contributed by atoms with van der Waals surface area (Å²) < 4.78 is 27.2. The lowest BCUT2D eigenvalue weighted by molar-refractivity contribution is -0.140. The van der Waals surface area contributed by atoms with Crippen LogP contribution in [-0.2, 0) is 14.8 Å². The molecule has 3 aromatic carbocycles. The van der Waals surface area contributed by atoms with Crippen molar-refractivity contribution in [3.63, 3.8) is 0 Å². The Morgan fingerprint density at radius 2 is 1.58 bits per heavy atom. The number of rotatable bonds is 7. The molecular formula is C27H27N3O5S. The van der Waals surface area contributed by atoms with Gasteiger partial charge in [-0.25, -0.2) is 8.42 Å². The Kier molecular flexibility index (Phi) is 8.52. The predicted octanol–water partition coefficient (Wildman–Crippen LogP) is 4.07. The van der Waals surface area contributed by atoms with Crippen molar-refractivity contribution in [2.75, 3.05) is 0 Å².